The number of hydrogen-bond donors (Lipinski definition) is 0. The number of fused-ring (bicyclic) bond motifs is 1. The number of hydrogen-bond acceptors (Lipinski definition) is 4. The normalized spacial score (nSPS) is 15.3. The van der Waals surface area contributed by atoms with Crippen LogP contribution in [0.2, 0.25) is 10.0 Å². The van der Waals surface area contributed by atoms with E-state index < -0.39 is 5.82 Å². The van der Waals surface area contributed by atoms with Crippen LogP contribution in [0.1, 0.15) is 6.42 Å². The molecule has 3 nitrogen and oxygen atoms in total. The minimum absolute atomic E-state index is 0.210. The molecule has 0 spiro atoms. The number of rotatable bonds is 6. The summed E-state index contributed by atoms with van der Waals surface area (Å²) in [4.78, 5) is 4.92. The third-order valence-corrected chi connectivity index (χ3v) is 6.51. The van der Waals surface area contributed by atoms with E-state index in [-0.39, 0.29) is 10.0 Å². The number of piperazine rings is 1. The Bertz CT molecular complexity index is 933. The van der Waals surface area contributed by atoms with E-state index in [0.717, 1.165) is 39.1 Å². The van der Waals surface area contributed by atoms with Crippen molar-refractivity contribution in [2.24, 2.45) is 0 Å². The van der Waals surface area contributed by atoms with Gasteiger partial charge in [0.2, 0.25) is 0 Å². The van der Waals surface area contributed by atoms with E-state index in [1.807, 2.05) is 11.3 Å². The zero-order valence-corrected chi connectivity index (χ0v) is 17.7. The van der Waals surface area contributed by atoms with Crippen LogP contribution in [0.25, 0.3) is 10.1 Å². The zero-order valence-electron chi connectivity index (χ0n) is 15.3. The largest absolute Gasteiger partial charge is 0.490 e. The number of benzene rings is 2. The number of anilines is 1. The third kappa shape index (κ3) is 4.38. The van der Waals surface area contributed by atoms with Crippen molar-refractivity contribution >= 4 is 50.3 Å². The Hall–Kier alpha value is -1.53. The monoisotopic (exact) mass is 438 g/mol. The van der Waals surface area contributed by atoms with Gasteiger partial charge in [0.1, 0.15) is 5.82 Å². The van der Waals surface area contributed by atoms with E-state index in [2.05, 4.69) is 39.4 Å². The second-order valence-corrected chi connectivity index (χ2v) is 8.58. The first-order chi connectivity index (χ1) is 13.6. The fraction of sp³-hybridized carbons (Fsp3) is 0.333. The standard InChI is InChI=1S/C21H21Cl2FN2OS/c22-17-13-16(24)14-18(23)20(17)27-11-2-6-25-7-9-26(10-8-25)19-4-1-3-15-5-12-28-21(15)19/h1,3-5,12-14H,2,6-11H2. The van der Waals surface area contributed by atoms with Gasteiger partial charge in [-0.05, 0) is 41.5 Å². The highest BCUT2D eigenvalue weighted by atomic mass is 35.5. The van der Waals surface area contributed by atoms with E-state index in [1.165, 1.54) is 27.9 Å². The van der Waals surface area contributed by atoms with E-state index in [1.54, 1.807) is 0 Å². The lowest BCUT2D eigenvalue weighted by atomic mass is 10.2. The number of ether oxygens (including phenoxy) is 1. The molecule has 1 fully saturated rings. The summed E-state index contributed by atoms with van der Waals surface area (Å²) in [7, 11) is 0. The summed E-state index contributed by atoms with van der Waals surface area (Å²) in [6.45, 7) is 5.55. The summed E-state index contributed by atoms with van der Waals surface area (Å²) in [5.41, 5.74) is 1.34. The molecular weight excluding hydrogens is 418 g/mol. The predicted molar refractivity (Wildman–Crippen MR) is 117 cm³/mol. The second-order valence-electron chi connectivity index (χ2n) is 6.85. The van der Waals surface area contributed by atoms with Crippen LogP contribution in [0.15, 0.2) is 41.8 Å². The van der Waals surface area contributed by atoms with Crippen LogP contribution >= 0.6 is 34.5 Å². The molecule has 148 valence electrons. The zero-order chi connectivity index (χ0) is 19.5. The van der Waals surface area contributed by atoms with E-state index in [0.29, 0.717) is 12.4 Å². The Labute approximate surface area is 178 Å². The molecule has 1 aliphatic heterocycles. The van der Waals surface area contributed by atoms with Crippen molar-refractivity contribution in [1.82, 2.24) is 4.90 Å². The Kier molecular flexibility index (Phi) is 6.26. The van der Waals surface area contributed by atoms with Crippen LogP contribution in [-0.4, -0.2) is 44.2 Å². The van der Waals surface area contributed by atoms with Crippen molar-refractivity contribution in [3.8, 4) is 5.75 Å². The lowest BCUT2D eigenvalue weighted by Crippen LogP contribution is -2.46. The molecule has 0 amide bonds. The molecular formula is C21H21Cl2FN2OS. The van der Waals surface area contributed by atoms with Crippen LogP contribution in [0.4, 0.5) is 10.1 Å². The number of thiophene rings is 1. The van der Waals surface area contributed by atoms with Gasteiger partial charge in [0.25, 0.3) is 0 Å². The van der Waals surface area contributed by atoms with Gasteiger partial charge in [-0.3, -0.25) is 4.90 Å². The van der Waals surface area contributed by atoms with Crippen molar-refractivity contribution in [2.45, 2.75) is 6.42 Å². The highest BCUT2D eigenvalue weighted by Gasteiger charge is 2.19. The van der Waals surface area contributed by atoms with Crippen LogP contribution in [0.3, 0.4) is 0 Å². The molecule has 3 aromatic rings. The number of nitrogens with zero attached hydrogens (tertiary/aromatic N) is 2. The van der Waals surface area contributed by atoms with Gasteiger partial charge >= 0.3 is 0 Å². The molecule has 0 bridgehead atoms. The highest BCUT2D eigenvalue weighted by molar-refractivity contribution is 7.17. The number of halogens is 3. The first kappa shape index (κ1) is 19.8. The smallest absolute Gasteiger partial charge is 0.156 e. The summed E-state index contributed by atoms with van der Waals surface area (Å²) < 4.78 is 20.3. The molecule has 1 saturated heterocycles. The minimum atomic E-state index is -0.460. The van der Waals surface area contributed by atoms with Crippen LogP contribution in [0.5, 0.6) is 5.75 Å². The van der Waals surface area contributed by atoms with E-state index >= 15 is 0 Å². The molecule has 7 heteroatoms. The topological polar surface area (TPSA) is 15.7 Å². The van der Waals surface area contributed by atoms with Gasteiger partial charge in [-0.15, -0.1) is 11.3 Å². The van der Waals surface area contributed by atoms with Gasteiger partial charge in [-0.25, -0.2) is 4.39 Å². The van der Waals surface area contributed by atoms with Crippen LogP contribution in [0, 0.1) is 5.82 Å². The Balaban J connectivity index is 1.25. The molecule has 0 saturated carbocycles. The average molecular weight is 439 g/mol. The molecule has 2 aromatic carbocycles. The van der Waals surface area contributed by atoms with Gasteiger partial charge < -0.3 is 9.64 Å². The first-order valence-electron chi connectivity index (χ1n) is 9.33. The maximum Gasteiger partial charge on any atom is 0.156 e. The average Bonchev–Trinajstić information content (AvgIpc) is 3.16. The van der Waals surface area contributed by atoms with Gasteiger partial charge in [0.05, 0.1) is 27.0 Å². The molecule has 28 heavy (non-hydrogen) atoms. The second kappa shape index (κ2) is 8.87. The lowest BCUT2D eigenvalue weighted by Gasteiger charge is -2.36. The highest BCUT2D eigenvalue weighted by Crippen LogP contribution is 2.34. The minimum Gasteiger partial charge on any atom is -0.490 e. The molecule has 0 N–H and O–H groups in total. The predicted octanol–water partition coefficient (Wildman–Crippen LogP) is 5.94. The van der Waals surface area contributed by atoms with Crippen molar-refractivity contribution < 1.29 is 9.13 Å². The summed E-state index contributed by atoms with van der Waals surface area (Å²) in [6.07, 6.45) is 0.866. The fourth-order valence-electron chi connectivity index (χ4n) is 3.57. The summed E-state index contributed by atoms with van der Waals surface area (Å²) >= 11 is 13.8. The van der Waals surface area contributed by atoms with E-state index in [4.69, 9.17) is 27.9 Å². The molecule has 0 unspecified atom stereocenters. The van der Waals surface area contributed by atoms with Gasteiger partial charge in [-0.1, -0.05) is 35.3 Å². The molecule has 0 radical (unpaired) electrons. The maximum atomic E-state index is 13.2. The Morgan fingerprint density at radius 2 is 1.79 bits per heavy atom. The Morgan fingerprint density at radius 3 is 2.54 bits per heavy atom. The fourth-order valence-corrected chi connectivity index (χ4v) is 5.08. The first-order valence-corrected chi connectivity index (χ1v) is 11.0. The van der Waals surface area contributed by atoms with E-state index in [9.17, 15) is 4.39 Å². The molecule has 1 aliphatic rings. The molecule has 4 rings (SSSR count). The summed E-state index contributed by atoms with van der Waals surface area (Å²) in [5, 5.41) is 3.90. The maximum absolute atomic E-state index is 13.2. The SMILES string of the molecule is Fc1cc(Cl)c(OCCCN2CCN(c3cccc4ccsc34)CC2)c(Cl)c1. The third-order valence-electron chi connectivity index (χ3n) is 5.00. The Morgan fingerprint density at radius 1 is 1.04 bits per heavy atom. The van der Waals surface area contributed by atoms with Crippen molar-refractivity contribution in [3.05, 3.63) is 57.6 Å². The van der Waals surface area contributed by atoms with Crippen molar-refractivity contribution in [1.29, 1.82) is 0 Å². The molecule has 0 aliphatic carbocycles. The van der Waals surface area contributed by atoms with Crippen LogP contribution in [-0.2, 0) is 0 Å². The molecule has 0 atom stereocenters. The molecule has 2 heterocycles. The van der Waals surface area contributed by atoms with Gasteiger partial charge in [0, 0.05) is 32.7 Å². The van der Waals surface area contributed by atoms with Crippen molar-refractivity contribution in [2.75, 3.05) is 44.2 Å². The van der Waals surface area contributed by atoms with Crippen LogP contribution < -0.4 is 9.64 Å². The van der Waals surface area contributed by atoms with Gasteiger partial charge in [-0.2, -0.15) is 0 Å². The van der Waals surface area contributed by atoms with Gasteiger partial charge in [0.15, 0.2) is 5.75 Å². The summed E-state index contributed by atoms with van der Waals surface area (Å²) in [6, 6.07) is 11.1. The lowest BCUT2D eigenvalue weighted by molar-refractivity contribution is 0.225. The quantitative estimate of drug-likeness (QED) is 0.443. The van der Waals surface area contributed by atoms with Crippen molar-refractivity contribution in [3.63, 3.8) is 0 Å². The summed E-state index contributed by atoms with van der Waals surface area (Å²) in [5.74, 6) is -0.0999. The molecule has 1 aromatic heterocycles.